The van der Waals surface area contributed by atoms with Crippen LogP contribution in [0.4, 0.5) is 5.69 Å². The molecule has 1 saturated carbocycles. The van der Waals surface area contributed by atoms with Crippen LogP contribution in [-0.2, 0) is 18.9 Å². The van der Waals surface area contributed by atoms with E-state index >= 15 is 0 Å². The molecule has 0 atom stereocenters. The van der Waals surface area contributed by atoms with Crippen molar-refractivity contribution in [1.29, 1.82) is 0 Å². The summed E-state index contributed by atoms with van der Waals surface area (Å²) in [6, 6.07) is 0. The van der Waals surface area contributed by atoms with E-state index in [1.807, 2.05) is 13.8 Å². The monoisotopic (exact) mass is 414 g/mol. The molecule has 1 fully saturated rings. The highest BCUT2D eigenvalue weighted by Crippen LogP contribution is 2.34. The van der Waals surface area contributed by atoms with E-state index in [2.05, 4.69) is 17.2 Å². The Kier molecular flexibility index (Phi) is 6.78. The largest absolute Gasteiger partial charge is 0.332 e. The Bertz CT molecular complexity index is 1040. The highest BCUT2D eigenvalue weighted by atomic mass is 16.2. The van der Waals surface area contributed by atoms with Gasteiger partial charge in [-0.05, 0) is 43.1 Å². The van der Waals surface area contributed by atoms with Crippen molar-refractivity contribution in [3.8, 4) is 0 Å². The number of nitrogens with zero attached hydrogens (tertiary/aromatic N) is 3. The number of amides is 1. The number of rotatable bonds is 6. The van der Waals surface area contributed by atoms with Crippen LogP contribution in [0.25, 0.3) is 11.0 Å². The summed E-state index contributed by atoms with van der Waals surface area (Å²) in [5.74, 6) is 0.726. The van der Waals surface area contributed by atoms with Crippen LogP contribution in [0.2, 0.25) is 0 Å². The van der Waals surface area contributed by atoms with E-state index in [1.165, 1.54) is 30.9 Å². The van der Waals surface area contributed by atoms with E-state index in [0.29, 0.717) is 16.7 Å². The van der Waals surface area contributed by atoms with Gasteiger partial charge in [-0.2, -0.15) is 0 Å². The SMILES string of the molecule is CCCCC1CCC(C(=O)Nc2c(C(C)C)cnc3c2c(=O)n(C)c(=O)n3C)CC1. The van der Waals surface area contributed by atoms with Crippen molar-refractivity contribution in [1.82, 2.24) is 14.1 Å². The Morgan fingerprint density at radius 1 is 1.17 bits per heavy atom. The molecule has 0 saturated heterocycles. The quantitative estimate of drug-likeness (QED) is 0.781. The van der Waals surface area contributed by atoms with Crippen LogP contribution in [0.5, 0.6) is 0 Å². The van der Waals surface area contributed by atoms with Crippen molar-refractivity contribution in [2.75, 3.05) is 5.32 Å². The Hall–Kier alpha value is -2.44. The molecule has 164 valence electrons. The summed E-state index contributed by atoms with van der Waals surface area (Å²) in [6.45, 7) is 6.22. The molecule has 1 amide bonds. The first kappa shape index (κ1) is 22.2. The van der Waals surface area contributed by atoms with Gasteiger partial charge in [-0.25, -0.2) is 9.78 Å². The predicted molar refractivity (Wildman–Crippen MR) is 120 cm³/mol. The van der Waals surface area contributed by atoms with E-state index in [0.717, 1.165) is 41.7 Å². The second kappa shape index (κ2) is 9.14. The third-order valence-electron chi connectivity index (χ3n) is 6.55. The van der Waals surface area contributed by atoms with Crippen LogP contribution in [0, 0.1) is 11.8 Å². The maximum absolute atomic E-state index is 13.1. The summed E-state index contributed by atoms with van der Waals surface area (Å²) < 4.78 is 2.43. The van der Waals surface area contributed by atoms with Crippen molar-refractivity contribution >= 4 is 22.6 Å². The summed E-state index contributed by atoms with van der Waals surface area (Å²) in [6.07, 6.45) is 9.33. The molecular formula is C23H34N4O3. The number of aryl methyl sites for hydroxylation is 1. The number of hydrogen-bond acceptors (Lipinski definition) is 4. The van der Waals surface area contributed by atoms with Crippen LogP contribution in [0.1, 0.15) is 77.2 Å². The number of unbranched alkanes of at least 4 members (excludes halogenated alkanes) is 1. The van der Waals surface area contributed by atoms with Gasteiger partial charge in [-0.15, -0.1) is 0 Å². The minimum absolute atomic E-state index is 0.0331. The van der Waals surface area contributed by atoms with Crippen LogP contribution >= 0.6 is 0 Å². The van der Waals surface area contributed by atoms with Crippen LogP contribution < -0.4 is 16.6 Å². The second-order valence-corrected chi connectivity index (χ2v) is 9.00. The van der Waals surface area contributed by atoms with Gasteiger partial charge in [0.05, 0.1) is 5.69 Å². The normalized spacial score (nSPS) is 19.4. The molecule has 30 heavy (non-hydrogen) atoms. The molecular weight excluding hydrogens is 380 g/mol. The summed E-state index contributed by atoms with van der Waals surface area (Å²) >= 11 is 0. The molecule has 0 aliphatic heterocycles. The number of fused-ring (bicyclic) bond motifs is 1. The number of aromatic nitrogens is 3. The van der Waals surface area contributed by atoms with Gasteiger partial charge in [0.25, 0.3) is 5.56 Å². The van der Waals surface area contributed by atoms with Gasteiger partial charge in [-0.1, -0.05) is 40.0 Å². The first-order valence-corrected chi connectivity index (χ1v) is 11.2. The number of nitrogens with one attached hydrogen (secondary N) is 1. The summed E-state index contributed by atoms with van der Waals surface area (Å²) in [5, 5.41) is 3.37. The van der Waals surface area contributed by atoms with Crippen molar-refractivity contribution in [3.63, 3.8) is 0 Å². The van der Waals surface area contributed by atoms with Crippen molar-refractivity contribution in [3.05, 3.63) is 32.6 Å². The van der Waals surface area contributed by atoms with Gasteiger partial charge in [0.15, 0.2) is 5.65 Å². The van der Waals surface area contributed by atoms with E-state index < -0.39 is 11.2 Å². The van der Waals surface area contributed by atoms with Crippen molar-refractivity contribution in [2.45, 2.75) is 71.6 Å². The molecule has 0 unspecified atom stereocenters. The first-order valence-electron chi connectivity index (χ1n) is 11.2. The Labute approximate surface area is 177 Å². The van der Waals surface area contributed by atoms with Gasteiger partial charge in [-0.3, -0.25) is 18.7 Å². The minimum atomic E-state index is -0.431. The maximum Gasteiger partial charge on any atom is 0.332 e. The highest BCUT2D eigenvalue weighted by Gasteiger charge is 2.28. The van der Waals surface area contributed by atoms with E-state index in [4.69, 9.17) is 0 Å². The second-order valence-electron chi connectivity index (χ2n) is 9.00. The van der Waals surface area contributed by atoms with Gasteiger partial charge >= 0.3 is 5.69 Å². The minimum Gasteiger partial charge on any atom is -0.325 e. The van der Waals surface area contributed by atoms with Gasteiger partial charge in [0.1, 0.15) is 5.39 Å². The average Bonchev–Trinajstić information content (AvgIpc) is 2.74. The average molecular weight is 415 g/mol. The fourth-order valence-electron chi connectivity index (χ4n) is 4.55. The lowest BCUT2D eigenvalue weighted by atomic mass is 9.79. The molecule has 7 heteroatoms. The lowest BCUT2D eigenvalue weighted by molar-refractivity contribution is -0.121. The van der Waals surface area contributed by atoms with Crippen molar-refractivity contribution in [2.24, 2.45) is 25.9 Å². The zero-order valence-corrected chi connectivity index (χ0v) is 18.8. The molecule has 0 aromatic carbocycles. The Morgan fingerprint density at radius 2 is 1.83 bits per heavy atom. The fraction of sp³-hybridized carbons (Fsp3) is 0.652. The molecule has 1 aliphatic carbocycles. The van der Waals surface area contributed by atoms with E-state index in [9.17, 15) is 14.4 Å². The number of carbonyl (C=O) groups is 1. The van der Waals surface area contributed by atoms with E-state index in [1.54, 1.807) is 13.2 Å². The molecule has 0 bridgehead atoms. The summed E-state index contributed by atoms with van der Waals surface area (Å²) in [7, 11) is 3.05. The lowest BCUT2D eigenvalue weighted by Crippen LogP contribution is -2.38. The predicted octanol–water partition coefficient (Wildman–Crippen LogP) is 3.69. The molecule has 7 nitrogen and oxygen atoms in total. The number of hydrogen-bond donors (Lipinski definition) is 1. The fourth-order valence-corrected chi connectivity index (χ4v) is 4.55. The maximum atomic E-state index is 13.1. The third kappa shape index (κ3) is 4.20. The summed E-state index contributed by atoms with van der Waals surface area (Å²) in [5.41, 5.74) is 0.750. The van der Waals surface area contributed by atoms with Gasteiger partial charge < -0.3 is 5.32 Å². The van der Waals surface area contributed by atoms with Gasteiger partial charge in [0, 0.05) is 26.2 Å². The molecule has 1 aliphatic rings. The zero-order valence-electron chi connectivity index (χ0n) is 18.8. The van der Waals surface area contributed by atoms with Crippen molar-refractivity contribution < 1.29 is 4.79 Å². The lowest BCUT2D eigenvalue weighted by Gasteiger charge is -2.28. The number of carbonyl (C=O) groups excluding carboxylic acids is 1. The Morgan fingerprint density at radius 3 is 2.43 bits per heavy atom. The molecule has 2 heterocycles. The molecule has 2 aromatic rings. The van der Waals surface area contributed by atoms with Crippen LogP contribution in [-0.4, -0.2) is 20.0 Å². The third-order valence-corrected chi connectivity index (χ3v) is 6.55. The summed E-state index contributed by atoms with van der Waals surface area (Å²) in [4.78, 5) is 42.8. The topological polar surface area (TPSA) is 86.0 Å². The standard InChI is InChI=1S/C23H34N4O3/c1-6-7-8-15-9-11-16(12-10-15)21(28)25-19-17(14(2)3)13-24-20-18(19)22(29)27(5)23(30)26(20)4/h13-16H,6-12H2,1-5H3,(H,24,25,28). The van der Waals surface area contributed by atoms with E-state index in [-0.39, 0.29) is 17.7 Å². The molecule has 0 spiro atoms. The molecule has 3 rings (SSSR count). The highest BCUT2D eigenvalue weighted by molar-refractivity contribution is 6.02. The molecule has 2 aromatic heterocycles. The first-order chi connectivity index (χ1) is 14.3. The zero-order chi connectivity index (χ0) is 22.0. The number of anilines is 1. The smallest absolute Gasteiger partial charge is 0.325 e. The molecule has 1 N–H and O–H groups in total. The van der Waals surface area contributed by atoms with Gasteiger partial charge in [0.2, 0.25) is 5.91 Å². The number of pyridine rings is 1. The Balaban J connectivity index is 1.95. The molecule has 0 radical (unpaired) electrons. The van der Waals surface area contributed by atoms with Crippen LogP contribution in [0.3, 0.4) is 0 Å². The van der Waals surface area contributed by atoms with Crippen LogP contribution in [0.15, 0.2) is 15.8 Å².